The van der Waals surface area contributed by atoms with E-state index in [1.54, 1.807) is 7.11 Å². The molecular weight excluding hydrogens is 326 g/mol. The van der Waals surface area contributed by atoms with Gasteiger partial charge in [-0.1, -0.05) is 13.0 Å². The molecule has 1 aromatic rings. The maximum absolute atomic E-state index is 9.10. The Bertz CT molecular complexity index is 563. The zero-order valence-electron chi connectivity index (χ0n) is 15.0. The van der Waals surface area contributed by atoms with Crippen molar-refractivity contribution in [1.29, 1.82) is 0 Å². The molecule has 1 fully saturated rings. The molecule has 2 rings (SSSR count). The third kappa shape index (κ3) is 7.89. The zero-order valence-corrected chi connectivity index (χ0v) is 15.0. The van der Waals surface area contributed by atoms with Gasteiger partial charge >= 0.3 is 11.9 Å². The SMILES string of the molecule is COc1cc(C)ccc1OCCN1CCCC(C)C1.O=C(O)C(=O)O. The maximum atomic E-state index is 9.10. The highest BCUT2D eigenvalue weighted by Crippen LogP contribution is 2.27. The van der Waals surface area contributed by atoms with Crippen LogP contribution in [-0.4, -0.2) is 60.4 Å². The minimum Gasteiger partial charge on any atom is -0.493 e. The number of carboxylic acid groups (broad SMARTS) is 2. The van der Waals surface area contributed by atoms with Gasteiger partial charge in [0.1, 0.15) is 6.61 Å². The molecule has 2 N–H and O–H groups in total. The number of aliphatic carboxylic acids is 2. The largest absolute Gasteiger partial charge is 0.493 e. The number of nitrogens with zero attached hydrogens (tertiary/aromatic N) is 1. The number of aryl methyl sites for hydroxylation is 1. The normalized spacial score (nSPS) is 17.2. The molecule has 7 heteroatoms. The number of hydrogen-bond donors (Lipinski definition) is 2. The summed E-state index contributed by atoms with van der Waals surface area (Å²) in [4.78, 5) is 20.7. The number of hydrogen-bond acceptors (Lipinski definition) is 5. The van der Waals surface area contributed by atoms with Crippen LogP contribution in [0.3, 0.4) is 0 Å². The third-order valence-electron chi connectivity index (χ3n) is 3.91. The van der Waals surface area contributed by atoms with Gasteiger partial charge in [0.05, 0.1) is 7.11 Å². The van der Waals surface area contributed by atoms with E-state index in [2.05, 4.69) is 24.8 Å². The van der Waals surface area contributed by atoms with Gasteiger partial charge in [0, 0.05) is 13.1 Å². The lowest BCUT2D eigenvalue weighted by Gasteiger charge is -2.30. The monoisotopic (exact) mass is 353 g/mol. The van der Waals surface area contributed by atoms with E-state index in [1.165, 1.54) is 31.5 Å². The summed E-state index contributed by atoms with van der Waals surface area (Å²) in [6.45, 7) is 8.53. The molecule has 1 atom stereocenters. The molecule has 0 saturated carbocycles. The Hall–Kier alpha value is -2.28. The fraction of sp³-hybridized carbons (Fsp3) is 0.556. The number of carboxylic acids is 2. The number of ether oxygens (including phenoxy) is 2. The summed E-state index contributed by atoms with van der Waals surface area (Å²) in [7, 11) is 1.69. The molecule has 1 aliphatic heterocycles. The number of carbonyl (C=O) groups is 2. The predicted molar refractivity (Wildman–Crippen MR) is 93.3 cm³/mol. The summed E-state index contributed by atoms with van der Waals surface area (Å²) in [6, 6.07) is 6.06. The van der Waals surface area contributed by atoms with Crippen molar-refractivity contribution in [1.82, 2.24) is 4.90 Å². The number of rotatable bonds is 5. The first kappa shape index (κ1) is 20.8. The van der Waals surface area contributed by atoms with Crippen LogP contribution in [-0.2, 0) is 9.59 Å². The molecule has 0 aromatic heterocycles. The van der Waals surface area contributed by atoms with Crippen molar-refractivity contribution in [3.8, 4) is 11.5 Å². The molecule has 7 nitrogen and oxygen atoms in total. The molecule has 0 radical (unpaired) electrons. The minimum atomic E-state index is -1.82. The Kier molecular flexibility index (Phi) is 8.77. The molecule has 1 aromatic carbocycles. The Morgan fingerprint density at radius 2 is 1.92 bits per heavy atom. The summed E-state index contributed by atoms with van der Waals surface area (Å²) in [5.74, 6) is -1.15. The molecule has 0 bridgehead atoms. The first-order valence-electron chi connectivity index (χ1n) is 8.29. The van der Waals surface area contributed by atoms with Gasteiger partial charge in [-0.05, 0) is 49.9 Å². The summed E-state index contributed by atoms with van der Waals surface area (Å²) < 4.78 is 11.2. The van der Waals surface area contributed by atoms with E-state index in [4.69, 9.17) is 29.3 Å². The Labute approximate surface area is 148 Å². The van der Waals surface area contributed by atoms with Gasteiger partial charge in [0.2, 0.25) is 0 Å². The van der Waals surface area contributed by atoms with E-state index in [0.717, 1.165) is 30.6 Å². The highest BCUT2D eigenvalue weighted by atomic mass is 16.5. The van der Waals surface area contributed by atoms with Crippen LogP contribution in [0.4, 0.5) is 0 Å². The summed E-state index contributed by atoms with van der Waals surface area (Å²) >= 11 is 0. The standard InChI is InChI=1S/C16H25NO2.C2H2O4/c1-13-6-7-15(16(11-13)18-3)19-10-9-17-8-4-5-14(2)12-17;3-1(4)2(5)6/h6-7,11,14H,4-5,8-10,12H2,1-3H3;(H,3,4)(H,5,6). The first-order chi connectivity index (χ1) is 11.8. The van der Waals surface area contributed by atoms with Crippen LogP contribution in [0.2, 0.25) is 0 Å². The molecule has 25 heavy (non-hydrogen) atoms. The summed E-state index contributed by atoms with van der Waals surface area (Å²) in [6.07, 6.45) is 2.68. The average Bonchev–Trinajstić information content (AvgIpc) is 2.56. The molecular formula is C18H27NO6. The van der Waals surface area contributed by atoms with Crippen LogP contribution in [0.15, 0.2) is 18.2 Å². The van der Waals surface area contributed by atoms with Gasteiger partial charge < -0.3 is 19.7 Å². The van der Waals surface area contributed by atoms with Crippen LogP contribution < -0.4 is 9.47 Å². The molecule has 1 unspecified atom stereocenters. The summed E-state index contributed by atoms with van der Waals surface area (Å²) in [5.41, 5.74) is 1.19. The van der Waals surface area contributed by atoms with Gasteiger partial charge in [0.25, 0.3) is 0 Å². The third-order valence-corrected chi connectivity index (χ3v) is 3.91. The highest BCUT2D eigenvalue weighted by Gasteiger charge is 2.16. The molecule has 1 saturated heterocycles. The number of methoxy groups -OCH3 is 1. The van der Waals surface area contributed by atoms with Crippen molar-refractivity contribution in [2.24, 2.45) is 5.92 Å². The van der Waals surface area contributed by atoms with Gasteiger partial charge in [-0.25, -0.2) is 9.59 Å². The smallest absolute Gasteiger partial charge is 0.414 e. The molecule has 0 amide bonds. The number of benzene rings is 1. The molecule has 1 heterocycles. The van der Waals surface area contributed by atoms with Gasteiger partial charge in [0.15, 0.2) is 11.5 Å². The van der Waals surface area contributed by atoms with E-state index >= 15 is 0 Å². The van der Waals surface area contributed by atoms with Crippen LogP contribution in [0.5, 0.6) is 11.5 Å². The van der Waals surface area contributed by atoms with Crippen LogP contribution in [0.25, 0.3) is 0 Å². The molecule has 0 spiro atoms. The molecule has 140 valence electrons. The van der Waals surface area contributed by atoms with Crippen molar-refractivity contribution in [2.45, 2.75) is 26.7 Å². The number of likely N-dealkylation sites (tertiary alicyclic amines) is 1. The van der Waals surface area contributed by atoms with Crippen LogP contribution in [0.1, 0.15) is 25.3 Å². The fourth-order valence-corrected chi connectivity index (χ4v) is 2.67. The second-order valence-electron chi connectivity index (χ2n) is 6.16. The molecule has 0 aliphatic carbocycles. The number of piperidine rings is 1. The van der Waals surface area contributed by atoms with Crippen molar-refractivity contribution in [2.75, 3.05) is 33.4 Å². The lowest BCUT2D eigenvalue weighted by molar-refractivity contribution is -0.159. The Morgan fingerprint density at radius 1 is 1.24 bits per heavy atom. The Morgan fingerprint density at radius 3 is 2.48 bits per heavy atom. The average molecular weight is 353 g/mol. The van der Waals surface area contributed by atoms with Crippen LogP contribution in [0, 0.1) is 12.8 Å². The van der Waals surface area contributed by atoms with Crippen molar-refractivity contribution in [3.63, 3.8) is 0 Å². The van der Waals surface area contributed by atoms with Crippen molar-refractivity contribution in [3.05, 3.63) is 23.8 Å². The lowest BCUT2D eigenvalue weighted by Crippen LogP contribution is -2.37. The minimum absolute atomic E-state index is 0.728. The van der Waals surface area contributed by atoms with Crippen molar-refractivity contribution >= 4 is 11.9 Å². The van der Waals surface area contributed by atoms with E-state index in [1.807, 2.05) is 12.1 Å². The zero-order chi connectivity index (χ0) is 18.8. The quantitative estimate of drug-likeness (QED) is 0.784. The summed E-state index contributed by atoms with van der Waals surface area (Å²) in [5, 5.41) is 14.8. The molecule has 1 aliphatic rings. The highest BCUT2D eigenvalue weighted by molar-refractivity contribution is 6.27. The lowest BCUT2D eigenvalue weighted by atomic mass is 10.0. The fourth-order valence-electron chi connectivity index (χ4n) is 2.67. The second-order valence-corrected chi connectivity index (χ2v) is 6.16. The topological polar surface area (TPSA) is 96.3 Å². The first-order valence-corrected chi connectivity index (χ1v) is 8.29. The van der Waals surface area contributed by atoms with Crippen LogP contribution >= 0.6 is 0 Å². The van der Waals surface area contributed by atoms with Gasteiger partial charge in [-0.15, -0.1) is 0 Å². The van der Waals surface area contributed by atoms with E-state index < -0.39 is 11.9 Å². The van der Waals surface area contributed by atoms with E-state index in [-0.39, 0.29) is 0 Å². The maximum Gasteiger partial charge on any atom is 0.414 e. The Balaban J connectivity index is 0.000000450. The van der Waals surface area contributed by atoms with Gasteiger partial charge in [-0.3, -0.25) is 4.90 Å². The van der Waals surface area contributed by atoms with Crippen molar-refractivity contribution < 1.29 is 29.3 Å². The predicted octanol–water partition coefficient (Wildman–Crippen LogP) is 2.27. The second kappa shape index (κ2) is 10.6. The van der Waals surface area contributed by atoms with E-state index in [0.29, 0.717) is 0 Å². The van der Waals surface area contributed by atoms with E-state index in [9.17, 15) is 0 Å². The van der Waals surface area contributed by atoms with Gasteiger partial charge in [-0.2, -0.15) is 0 Å².